The maximum absolute atomic E-state index is 12.0. The first-order valence-electron chi connectivity index (χ1n) is 6.99. The third-order valence-electron chi connectivity index (χ3n) is 3.74. The molecule has 1 aliphatic rings. The highest BCUT2D eigenvalue weighted by molar-refractivity contribution is 5.77. The monoisotopic (exact) mass is 256 g/mol. The molecule has 0 aliphatic carbocycles. The van der Waals surface area contributed by atoms with Gasteiger partial charge in [0.1, 0.15) is 0 Å². The zero-order valence-electron chi connectivity index (χ0n) is 12.1. The summed E-state index contributed by atoms with van der Waals surface area (Å²) in [6.45, 7) is 10.5. The normalized spacial score (nSPS) is 22.1. The Kier molecular flexibility index (Phi) is 6.60. The smallest absolute Gasteiger partial charge is 0.236 e. The minimum absolute atomic E-state index is 0.209. The van der Waals surface area contributed by atoms with Gasteiger partial charge in [-0.15, -0.1) is 0 Å². The fourth-order valence-corrected chi connectivity index (χ4v) is 2.45. The molecule has 1 rings (SSSR count). The van der Waals surface area contributed by atoms with Gasteiger partial charge in [-0.05, 0) is 26.4 Å². The van der Waals surface area contributed by atoms with Gasteiger partial charge < -0.3 is 10.6 Å². The van der Waals surface area contributed by atoms with Crippen LogP contribution >= 0.6 is 0 Å². The van der Waals surface area contributed by atoms with Crippen LogP contribution in [-0.4, -0.2) is 79.5 Å². The van der Waals surface area contributed by atoms with Gasteiger partial charge in [-0.25, -0.2) is 0 Å². The van der Waals surface area contributed by atoms with Crippen LogP contribution in [0.3, 0.4) is 0 Å². The zero-order valence-corrected chi connectivity index (χ0v) is 12.1. The number of amides is 1. The molecule has 1 heterocycles. The first kappa shape index (κ1) is 15.4. The first-order valence-corrected chi connectivity index (χ1v) is 6.99. The summed E-state index contributed by atoms with van der Waals surface area (Å²) in [5.74, 6) is 0.209. The maximum atomic E-state index is 12.0. The average molecular weight is 256 g/mol. The quantitative estimate of drug-likeness (QED) is 0.716. The van der Waals surface area contributed by atoms with Gasteiger partial charge in [-0.3, -0.25) is 14.6 Å². The van der Waals surface area contributed by atoms with Gasteiger partial charge in [0.05, 0.1) is 6.54 Å². The van der Waals surface area contributed by atoms with Gasteiger partial charge in [-0.1, -0.05) is 6.92 Å². The third-order valence-corrected chi connectivity index (χ3v) is 3.74. The van der Waals surface area contributed by atoms with Gasteiger partial charge in [0.25, 0.3) is 0 Å². The topological polar surface area (TPSA) is 52.8 Å². The van der Waals surface area contributed by atoms with E-state index in [0.717, 1.165) is 39.1 Å². The molecule has 18 heavy (non-hydrogen) atoms. The number of nitrogens with two attached hydrogens (primary N) is 1. The van der Waals surface area contributed by atoms with Crippen LogP contribution in [0.25, 0.3) is 0 Å². The molecule has 1 atom stereocenters. The summed E-state index contributed by atoms with van der Waals surface area (Å²) >= 11 is 0. The zero-order chi connectivity index (χ0) is 13.5. The van der Waals surface area contributed by atoms with Crippen molar-refractivity contribution in [1.29, 1.82) is 0 Å². The van der Waals surface area contributed by atoms with Crippen molar-refractivity contribution in [3.05, 3.63) is 0 Å². The van der Waals surface area contributed by atoms with Crippen molar-refractivity contribution in [2.24, 2.45) is 5.73 Å². The van der Waals surface area contributed by atoms with E-state index in [0.29, 0.717) is 19.1 Å². The number of nitrogens with zero attached hydrogens (tertiary/aromatic N) is 3. The van der Waals surface area contributed by atoms with Gasteiger partial charge in [-0.2, -0.15) is 0 Å². The van der Waals surface area contributed by atoms with Crippen LogP contribution in [0.4, 0.5) is 0 Å². The molecule has 0 saturated carbocycles. The standard InChI is InChI=1S/C13H28N4O/c1-4-17-9-8-16(10-12(17)2)11-13(18)15(3)7-5-6-14/h12H,4-11,14H2,1-3H3. The van der Waals surface area contributed by atoms with E-state index in [1.54, 1.807) is 4.90 Å². The molecule has 0 aromatic heterocycles. The Morgan fingerprint density at radius 2 is 2.17 bits per heavy atom. The molecule has 0 aromatic rings. The molecule has 5 nitrogen and oxygen atoms in total. The number of carbonyl (C=O) groups is 1. The minimum Gasteiger partial charge on any atom is -0.345 e. The fraction of sp³-hybridized carbons (Fsp3) is 0.923. The average Bonchev–Trinajstić information content (AvgIpc) is 2.36. The molecule has 1 fully saturated rings. The lowest BCUT2D eigenvalue weighted by Gasteiger charge is -2.39. The Bertz CT molecular complexity index is 259. The van der Waals surface area contributed by atoms with Crippen LogP contribution in [0.5, 0.6) is 0 Å². The van der Waals surface area contributed by atoms with Crippen LogP contribution in [-0.2, 0) is 4.79 Å². The van der Waals surface area contributed by atoms with Crippen molar-refractivity contribution < 1.29 is 4.79 Å². The van der Waals surface area contributed by atoms with Crippen LogP contribution in [0.2, 0.25) is 0 Å². The number of hydrogen-bond donors (Lipinski definition) is 1. The third kappa shape index (κ3) is 4.55. The molecule has 1 amide bonds. The molecule has 1 unspecified atom stereocenters. The van der Waals surface area contributed by atoms with Crippen molar-refractivity contribution in [2.45, 2.75) is 26.3 Å². The predicted molar refractivity (Wildman–Crippen MR) is 74.5 cm³/mol. The molecule has 0 spiro atoms. The summed E-state index contributed by atoms with van der Waals surface area (Å²) in [7, 11) is 1.86. The van der Waals surface area contributed by atoms with Crippen molar-refractivity contribution in [3.63, 3.8) is 0 Å². The van der Waals surface area contributed by atoms with Gasteiger partial charge in [0.15, 0.2) is 0 Å². The number of likely N-dealkylation sites (N-methyl/N-ethyl adjacent to an activating group) is 2. The van der Waals surface area contributed by atoms with Crippen molar-refractivity contribution in [2.75, 3.05) is 52.9 Å². The van der Waals surface area contributed by atoms with E-state index in [1.165, 1.54) is 0 Å². The summed E-state index contributed by atoms with van der Waals surface area (Å²) in [4.78, 5) is 18.5. The molecular formula is C13H28N4O. The number of piperazine rings is 1. The summed E-state index contributed by atoms with van der Waals surface area (Å²) in [6, 6.07) is 0.547. The lowest BCUT2D eigenvalue weighted by atomic mass is 10.2. The highest BCUT2D eigenvalue weighted by Crippen LogP contribution is 2.08. The number of hydrogen-bond acceptors (Lipinski definition) is 4. The van der Waals surface area contributed by atoms with Gasteiger partial charge in [0, 0.05) is 39.3 Å². The Morgan fingerprint density at radius 3 is 2.72 bits per heavy atom. The SMILES string of the molecule is CCN1CCN(CC(=O)N(C)CCCN)CC1C. The summed E-state index contributed by atoms with van der Waals surface area (Å²) < 4.78 is 0. The van der Waals surface area contributed by atoms with Crippen molar-refractivity contribution >= 4 is 5.91 Å². The lowest BCUT2D eigenvalue weighted by Crippen LogP contribution is -2.53. The molecule has 0 radical (unpaired) electrons. The van der Waals surface area contributed by atoms with E-state index in [9.17, 15) is 4.79 Å². The van der Waals surface area contributed by atoms with Crippen molar-refractivity contribution in [3.8, 4) is 0 Å². The Labute approximate surface area is 111 Å². The fourth-order valence-electron chi connectivity index (χ4n) is 2.45. The minimum atomic E-state index is 0.209. The second-order valence-corrected chi connectivity index (χ2v) is 5.17. The predicted octanol–water partition coefficient (Wildman–Crippen LogP) is -0.180. The van der Waals surface area contributed by atoms with E-state index in [4.69, 9.17) is 5.73 Å². The molecule has 2 N–H and O–H groups in total. The van der Waals surface area contributed by atoms with Crippen molar-refractivity contribution in [1.82, 2.24) is 14.7 Å². The maximum Gasteiger partial charge on any atom is 0.236 e. The molecule has 1 aliphatic heterocycles. The summed E-state index contributed by atoms with van der Waals surface area (Å²) in [5.41, 5.74) is 5.46. The molecular weight excluding hydrogens is 228 g/mol. The largest absolute Gasteiger partial charge is 0.345 e. The summed E-state index contributed by atoms with van der Waals surface area (Å²) in [5, 5.41) is 0. The lowest BCUT2D eigenvalue weighted by molar-refractivity contribution is -0.131. The molecule has 1 saturated heterocycles. The Balaban J connectivity index is 2.32. The van der Waals surface area contributed by atoms with E-state index in [1.807, 2.05) is 7.05 Å². The molecule has 0 aromatic carbocycles. The van der Waals surface area contributed by atoms with Crippen LogP contribution in [0.15, 0.2) is 0 Å². The van der Waals surface area contributed by atoms with E-state index < -0.39 is 0 Å². The van der Waals surface area contributed by atoms with Crippen LogP contribution < -0.4 is 5.73 Å². The highest BCUT2D eigenvalue weighted by atomic mass is 16.2. The Morgan fingerprint density at radius 1 is 1.44 bits per heavy atom. The van der Waals surface area contributed by atoms with Crippen LogP contribution in [0.1, 0.15) is 20.3 Å². The Hall–Kier alpha value is -0.650. The molecule has 0 bridgehead atoms. The van der Waals surface area contributed by atoms with Gasteiger partial charge in [0.2, 0.25) is 5.91 Å². The highest BCUT2D eigenvalue weighted by Gasteiger charge is 2.24. The van der Waals surface area contributed by atoms with E-state index in [-0.39, 0.29) is 5.91 Å². The second kappa shape index (κ2) is 7.71. The summed E-state index contributed by atoms with van der Waals surface area (Å²) in [6.07, 6.45) is 0.877. The van der Waals surface area contributed by atoms with Crippen LogP contribution in [0, 0.1) is 0 Å². The second-order valence-electron chi connectivity index (χ2n) is 5.17. The number of rotatable bonds is 6. The first-order chi connectivity index (χ1) is 8.58. The van der Waals surface area contributed by atoms with Gasteiger partial charge >= 0.3 is 0 Å². The number of carbonyl (C=O) groups excluding carboxylic acids is 1. The van der Waals surface area contributed by atoms with E-state index >= 15 is 0 Å². The molecule has 106 valence electrons. The van der Waals surface area contributed by atoms with E-state index in [2.05, 4.69) is 23.6 Å². The molecule has 5 heteroatoms.